The van der Waals surface area contributed by atoms with E-state index in [1.807, 2.05) is 6.92 Å². The van der Waals surface area contributed by atoms with Crippen molar-refractivity contribution in [2.75, 3.05) is 13.1 Å². The molecule has 0 aromatic carbocycles. The highest BCUT2D eigenvalue weighted by Crippen LogP contribution is 2.18. The van der Waals surface area contributed by atoms with E-state index in [1.54, 1.807) is 6.20 Å². The first kappa shape index (κ1) is 11.1. The second-order valence-corrected chi connectivity index (χ2v) is 4.60. The molecule has 2 N–H and O–H groups in total. The Morgan fingerprint density at radius 3 is 2.81 bits per heavy atom. The molecule has 0 unspecified atom stereocenters. The normalized spacial score (nSPS) is 19.4. The molecule has 1 saturated heterocycles. The Balaban J connectivity index is 2.04. The number of piperidine rings is 1. The van der Waals surface area contributed by atoms with Crippen LogP contribution < -0.4 is 10.6 Å². The zero-order valence-corrected chi connectivity index (χ0v) is 9.67. The molecule has 0 saturated carbocycles. The molecule has 0 aliphatic carbocycles. The predicted molar refractivity (Wildman–Crippen MR) is 59.2 cm³/mol. The molecule has 1 aliphatic rings. The van der Waals surface area contributed by atoms with E-state index in [4.69, 9.17) is 4.52 Å². The fraction of sp³-hybridized carbons (Fsp3) is 0.636. The Morgan fingerprint density at radius 2 is 2.25 bits per heavy atom. The summed E-state index contributed by atoms with van der Waals surface area (Å²) in [5.41, 5.74) is 0.636. The molecule has 88 valence electrons. The topological polar surface area (TPSA) is 67.2 Å². The number of amides is 1. The van der Waals surface area contributed by atoms with Gasteiger partial charge >= 0.3 is 0 Å². The Hall–Kier alpha value is -1.36. The Kier molecular flexibility index (Phi) is 2.96. The maximum absolute atomic E-state index is 11.9. The lowest BCUT2D eigenvalue weighted by Gasteiger charge is -2.34. The summed E-state index contributed by atoms with van der Waals surface area (Å²) >= 11 is 0. The van der Waals surface area contributed by atoms with Gasteiger partial charge in [0.2, 0.25) is 5.76 Å². The molecule has 2 rings (SSSR count). The van der Waals surface area contributed by atoms with Crippen molar-refractivity contribution in [2.24, 2.45) is 0 Å². The van der Waals surface area contributed by atoms with Crippen LogP contribution in [0.5, 0.6) is 0 Å². The van der Waals surface area contributed by atoms with Crippen molar-refractivity contribution in [3.8, 4) is 0 Å². The molecule has 0 spiro atoms. The average Bonchev–Trinajstić information content (AvgIpc) is 2.65. The summed E-state index contributed by atoms with van der Waals surface area (Å²) in [7, 11) is 0. The minimum absolute atomic E-state index is 0.137. The number of hydrogen-bond donors (Lipinski definition) is 2. The molecule has 1 aliphatic heterocycles. The highest BCUT2D eigenvalue weighted by atomic mass is 16.5. The van der Waals surface area contributed by atoms with E-state index < -0.39 is 0 Å². The van der Waals surface area contributed by atoms with E-state index >= 15 is 0 Å². The first-order chi connectivity index (χ1) is 7.61. The van der Waals surface area contributed by atoms with Crippen LogP contribution in [0.1, 0.15) is 35.9 Å². The standard InChI is InChI=1S/C11H17N3O2/c1-8-7-13-16-9(8)10(15)14-11(2)3-5-12-6-4-11/h7,12H,3-6H2,1-2H3,(H,14,15). The predicted octanol–water partition coefficient (Wildman–Crippen LogP) is 0.855. The average molecular weight is 223 g/mol. The molecule has 0 bridgehead atoms. The number of rotatable bonds is 2. The number of nitrogens with zero attached hydrogens (tertiary/aromatic N) is 1. The zero-order valence-electron chi connectivity index (χ0n) is 9.67. The molecule has 1 aromatic rings. The number of aromatic nitrogens is 1. The molecule has 16 heavy (non-hydrogen) atoms. The van der Waals surface area contributed by atoms with Crippen LogP contribution in [0.25, 0.3) is 0 Å². The number of nitrogens with one attached hydrogen (secondary N) is 2. The smallest absolute Gasteiger partial charge is 0.290 e. The summed E-state index contributed by atoms with van der Waals surface area (Å²) < 4.78 is 4.93. The van der Waals surface area contributed by atoms with Crippen LogP contribution in [-0.4, -0.2) is 29.7 Å². The number of carbonyl (C=O) groups is 1. The third-order valence-corrected chi connectivity index (χ3v) is 3.08. The van der Waals surface area contributed by atoms with E-state index in [0.717, 1.165) is 31.5 Å². The van der Waals surface area contributed by atoms with E-state index in [9.17, 15) is 4.79 Å². The van der Waals surface area contributed by atoms with Gasteiger partial charge in [0.1, 0.15) is 0 Å². The van der Waals surface area contributed by atoms with Gasteiger partial charge in [-0.1, -0.05) is 5.16 Å². The molecular weight excluding hydrogens is 206 g/mol. The van der Waals surface area contributed by atoms with Crippen LogP contribution in [0.15, 0.2) is 10.7 Å². The molecular formula is C11H17N3O2. The Morgan fingerprint density at radius 1 is 1.56 bits per heavy atom. The SMILES string of the molecule is Cc1cnoc1C(=O)NC1(C)CCNCC1. The van der Waals surface area contributed by atoms with E-state index in [2.05, 4.69) is 22.7 Å². The molecule has 1 fully saturated rings. The van der Waals surface area contributed by atoms with Gasteiger partial charge in [-0.25, -0.2) is 0 Å². The van der Waals surface area contributed by atoms with Gasteiger partial charge in [-0.15, -0.1) is 0 Å². The summed E-state index contributed by atoms with van der Waals surface area (Å²) in [5, 5.41) is 9.91. The summed E-state index contributed by atoms with van der Waals surface area (Å²) in [5.74, 6) is 0.152. The Bertz CT molecular complexity index is 380. The summed E-state index contributed by atoms with van der Waals surface area (Å²) in [4.78, 5) is 11.9. The lowest BCUT2D eigenvalue weighted by atomic mass is 9.90. The van der Waals surface area contributed by atoms with E-state index in [-0.39, 0.29) is 11.4 Å². The lowest BCUT2D eigenvalue weighted by Crippen LogP contribution is -2.52. The third kappa shape index (κ3) is 2.24. The van der Waals surface area contributed by atoms with Gasteiger partial charge in [-0.3, -0.25) is 4.79 Å². The molecule has 5 heteroatoms. The van der Waals surface area contributed by atoms with Crippen molar-refractivity contribution >= 4 is 5.91 Å². The molecule has 5 nitrogen and oxygen atoms in total. The summed E-state index contributed by atoms with van der Waals surface area (Å²) in [6, 6.07) is 0. The monoisotopic (exact) mass is 223 g/mol. The maximum Gasteiger partial charge on any atom is 0.290 e. The fourth-order valence-electron chi connectivity index (χ4n) is 1.94. The summed E-state index contributed by atoms with van der Waals surface area (Å²) in [6.07, 6.45) is 3.43. The lowest BCUT2D eigenvalue weighted by molar-refractivity contribution is 0.0848. The van der Waals surface area contributed by atoms with Gasteiger partial charge in [0.25, 0.3) is 5.91 Å². The number of hydrogen-bond acceptors (Lipinski definition) is 4. The van der Waals surface area contributed by atoms with Gasteiger partial charge in [0.15, 0.2) is 0 Å². The van der Waals surface area contributed by atoms with Crippen LogP contribution in [0.4, 0.5) is 0 Å². The van der Waals surface area contributed by atoms with Crippen LogP contribution in [-0.2, 0) is 0 Å². The summed E-state index contributed by atoms with van der Waals surface area (Å²) in [6.45, 7) is 5.76. The van der Waals surface area contributed by atoms with Gasteiger partial charge in [-0.05, 0) is 39.8 Å². The van der Waals surface area contributed by atoms with Crippen molar-refractivity contribution in [3.05, 3.63) is 17.5 Å². The van der Waals surface area contributed by atoms with Crippen molar-refractivity contribution < 1.29 is 9.32 Å². The molecule has 0 atom stereocenters. The van der Waals surface area contributed by atoms with Crippen LogP contribution in [0, 0.1) is 6.92 Å². The molecule has 1 aromatic heterocycles. The van der Waals surface area contributed by atoms with E-state index in [1.165, 1.54) is 0 Å². The van der Waals surface area contributed by atoms with Crippen molar-refractivity contribution in [1.29, 1.82) is 0 Å². The fourth-order valence-corrected chi connectivity index (χ4v) is 1.94. The highest BCUT2D eigenvalue weighted by Gasteiger charge is 2.30. The van der Waals surface area contributed by atoms with Gasteiger partial charge in [0.05, 0.1) is 6.20 Å². The zero-order chi connectivity index (χ0) is 11.6. The Labute approximate surface area is 94.6 Å². The maximum atomic E-state index is 11.9. The first-order valence-corrected chi connectivity index (χ1v) is 5.55. The molecule has 0 radical (unpaired) electrons. The molecule has 1 amide bonds. The highest BCUT2D eigenvalue weighted by molar-refractivity contribution is 5.93. The molecule has 2 heterocycles. The quantitative estimate of drug-likeness (QED) is 0.780. The van der Waals surface area contributed by atoms with Crippen LogP contribution >= 0.6 is 0 Å². The largest absolute Gasteiger partial charge is 0.351 e. The minimum Gasteiger partial charge on any atom is -0.351 e. The van der Waals surface area contributed by atoms with Crippen molar-refractivity contribution in [2.45, 2.75) is 32.2 Å². The van der Waals surface area contributed by atoms with E-state index in [0.29, 0.717) is 5.76 Å². The van der Waals surface area contributed by atoms with Gasteiger partial charge < -0.3 is 15.2 Å². The number of aryl methyl sites for hydroxylation is 1. The second-order valence-electron chi connectivity index (χ2n) is 4.60. The number of carbonyl (C=O) groups excluding carboxylic acids is 1. The first-order valence-electron chi connectivity index (χ1n) is 5.55. The van der Waals surface area contributed by atoms with Crippen molar-refractivity contribution in [3.63, 3.8) is 0 Å². The van der Waals surface area contributed by atoms with Crippen molar-refractivity contribution in [1.82, 2.24) is 15.8 Å². The van der Waals surface area contributed by atoms with Gasteiger partial charge in [-0.2, -0.15) is 0 Å². The van der Waals surface area contributed by atoms with Gasteiger partial charge in [0, 0.05) is 11.1 Å². The van der Waals surface area contributed by atoms with Crippen LogP contribution in [0.3, 0.4) is 0 Å². The minimum atomic E-state index is -0.167. The van der Waals surface area contributed by atoms with Crippen LogP contribution in [0.2, 0.25) is 0 Å². The second kappa shape index (κ2) is 4.25. The third-order valence-electron chi connectivity index (χ3n) is 3.08.